The Morgan fingerprint density at radius 2 is 2.10 bits per heavy atom. The molecule has 0 aromatic carbocycles. The van der Waals surface area contributed by atoms with E-state index >= 15 is 0 Å². The first-order valence-corrected chi connectivity index (χ1v) is 9.72. The molecule has 0 unspecified atom stereocenters. The number of anilines is 1. The molecule has 9 heteroatoms. The first kappa shape index (κ1) is 21.0. The van der Waals surface area contributed by atoms with Gasteiger partial charge in [-0.25, -0.2) is 4.98 Å². The molecule has 2 aromatic heterocycles. The summed E-state index contributed by atoms with van der Waals surface area (Å²) in [7, 11) is 0. The van der Waals surface area contributed by atoms with Gasteiger partial charge in [-0.2, -0.15) is 5.26 Å². The van der Waals surface area contributed by atoms with E-state index in [0.717, 1.165) is 5.56 Å². The summed E-state index contributed by atoms with van der Waals surface area (Å²) in [5, 5.41) is 9.24. The average molecular weight is 409 g/mol. The van der Waals surface area contributed by atoms with Gasteiger partial charge < -0.3 is 15.4 Å². The summed E-state index contributed by atoms with van der Waals surface area (Å²) in [6.45, 7) is 4.92. The first-order chi connectivity index (χ1) is 14.4. The van der Waals surface area contributed by atoms with Gasteiger partial charge in [0.05, 0.1) is 18.1 Å². The van der Waals surface area contributed by atoms with Gasteiger partial charge >= 0.3 is 5.97 Å². The molecule has 1 fully saturated rings. The third kappa shape index (κ3) is 4.03. The molecule has 2 aromatic rings. The smallest absolute Gasteiger partial charge is 0.309 e. The van der Waals surface area contributed by atoms with Crippen LogP contribution in [0.4, 0.5) is 5.82 Å². The van der Waals surface area contributed by atoms with E-state index in [1.165, 1.54) is 10.5 Å². The van der Waals surface area contributed by atoms with E-state index < -0.39 is 11.5 Å². The van der Waals surface area contributed by atoms with Crippen molar-refractivity contribution in [3.05, 3.63) is 45.4 Å². The maximum atomic E-state index is 13.2. The molecule has 0 saturated carbocycles. The van der Waals surface area contributed by atoms with E-state index in [1.807, 2.05) is 17.9 Å². The molecule has 1 amide bonds. The summed E-state index contributed by atoms with van der Waals surface area (Å²) in [5.74, 6) is -0.979. The van der Waals surface area contributed by atoms with Crippen molar-refractivity contribution in [3.8, 4) is 6.07 Å². The summed E-state index contributed by atoms with van der Waals surface area (Å²) >= 11 is 0. The Hall–Kier alpha value is -3.67. The summed E-state index contributed by atoms with van der Waals surface area (Å²) < 4.78 is 6.49. The van der Waals surface area contributed by atoms with Gasteiger partial charge in [-0.3, -0.25) is 18.8 Å². The highest BCUT2D eigenvalue weighted by Crippen LogP contribution is 2.26. The van der Waals surface area contributed by atoms with Crippen LogP contribution in [0, 0.1) is 24.2 Å². The Morgan fingerprint density at radius 1 is 1.40 bits per heavy atom. The van der Waals surface area contributed by atoms with Crippen molar-refractivity contribution >= 4 is 29.4 Å². The summed E-state index contributed by atoms with van der Waals surface area (Å²) in [6, 6.07) is 5.30. The van der Waals surface area contributed by atoms with Gasteiger partial charge in [0.25, 0.3) is 11.5 Å². The number of ether oxygens (including phenoxy) is 1. The number of pyridine rings is 1. The maximum Gasteiger partial charge on any atom is 0.309 e. The predicted octanol–water partition coefficient (Wildman–Crippen LogP) is 1.17. The molecular formula is C21H23N5O4. The van der Waals surface area contributed by atoms with Crippen LogP contribution in [0.15, 0.2) is 28.7 Å². The fourth-order valence-electron chi connectivity index (χ4n) is 3.56. The van der Waals surface area contributed by atoms with Crippen molar-refractivity contribution in [2.75, 3.05) is 24.6 Å². The number of rotatable bonds is 5. The lowest BCUT2D eigenvalue weighted by molar-refractivity contribution is -0.148. The Kier molecular flexibility index (Phi) is 6.16. The minimum Gasteiger partial charge on any atom is -0.466 e. The molecule has 1 saturated heterocycles. The number of carbonyl (C=O) groups is 2. The summed E-state index contributed by atoms with van der Waals surface area (Å²) in [4.78, 5) is 43.4. The van der Waals surface area contributed by atoms with Crippen LogP contribution < -0.4 is 16.2 Å². The molecule has 156 valence electrons. The second-order valence-corrected chi connectivity index (χ2v) is 7.09. The van der Waals surface area contributed by atoms with Crippen LogP contribution in [-0.4, -0.2) is 41.0 Å². The standard InChI is InChI=1S/C21H23N5O4/c1-3-30-21(29)14-6-9-25(10-7-14)19-16(11-15(12-22)17(23)27)20(28)26-8-4-5-13(2)18(26)24-19/h4-5,8,11,14H,3,6-7,9-10H2,1-2H3,(H2,23,27)/b15-11-. The van der Waals surface area contributed by atoms with E-state index in [4.69, 9.17) is 10.5 Å². The zero-order chi connectivity index (χ0) is 21.8. The summed E-state index contributed by atoms with van der Waals surface area (Å²) in [6.07, 6.45) is 3.89. The lowest BCUT2D eigenvalue weighted by Gasteiger charge is -2.32. The topological polar surface area (TPSA) is 131 Å². The molecule has 0 bridgehead atoms. The van der Waals surface area contributed by atoms with Gasteiger partial charge in [-0.15, -0.1) is 0 Å². The van der Waals surface area contributed by atoms with Crippen LogP contribution >= 0.6 is 0 Å². The predicted molar refractivity (Wildman–Crippen MR) is 111 cm³/mol. The van der Waals surface area contributed by atoms with Crippen molar-refractivity contribution in [2.24, 2.45) is 11.7 Å². The van der Waals surface area contributed by atoms with Crippen LogP contribution in [0.3, 0.4) is 0 Å². The number of hydrogen-bond acceptors (Lipinski definition) is 7. The minimum absolute atomic E-state index is 0.114. The highest BCUT2D eigenvalue weighted by Gasteiger charge is 2.28. The number of aryl methyl sites for hydroxylation is 1. The number of aromatic nitrogens is 2. The third-order valence-corrected chi connectivity index (χ3v) is 5.15. The SMILES string of the molecule is CCOC(=O)C1CCN(c2nc3c(C)cccn3c(=O)c2/C=C(/C#N)C(N)=O)CC1. The highest BCUT2D eigenvalue weighted by molar-refractivity contribution is 6.01. The molecule has 1 aliphatic rings. The van der Waals surface area contributed by atoms with E-state index in [9.17, 15) is 19.6 Å². The second kappa shape index (κ2) is 8.78. The van der Waals surface area contributed by atoms with Gasteiger partial charge in [-0.05, 0) is 44.4 Å². The minimum atomic E-state index is -0.918. The zero-order valence-corrected chi connectivity index (χ0v) is 16.9. The number of nitrogens with two attached hydrogens (primary N) is 1. The molecule has 3 rings (SSSR count). The van der Waals surface area contributed by atoms with Crippen molar-refractivity contribution in [1.82, 2.24) is 9.38 Å². The zero-order valence-electron chi connectivity index (χ0n) is 16.9. The van der Waals surface area contributed by atoms with Crippen molar-refractivity contribution in [3.63, 3.8) is 0 Å². The van der Waals surface area contributed by atoms with Gasteiger partial charge in [0.2, 0.25) is 0 Å². The third-order valence-electron chi connectivity index (χ3n) is 5.15. The van der Waals surface area contributed by atoms with Crippen LogP contribution in [0.2, 0.25) is 0 Å². The number of carbonyl (C=O) groups excluding carboxylic acids is 2. The van der Waals surface area contributed by atoms with E-state index in [1.54, 1.807) is 25.3 Å². The lowest BCUT2D eigenvalue weighted by atomic mass is 9.96. The molecule has 1 aliphatic heterocycles. The van der Waals surface area contributed by atoms with Gasteiger partial charge in [0.15, 0.2) is 0 Å². The van der Waals surface area contributed by atoms with E-state index in [-0.39, 0.29) is 23.0 Å². The van der Waals surface area contributed by atoms with Gasteiger partial charge in [-0.1, -0.05) is 6.07 Å². The lowest BCUT2D eigenvalue weighted by Crippen LogP contribution is -2.39. The summed E-state index contributed by atoms with van der Waals surface area (Å²) in [5.41, 5.74) is 5.94. The fourth-order valence-corrected chi connectivity index (χ4v) is 3.56. The molecule has 0 aliphatic carbocycles. The quantitative estimate of drug-likeness (QED) is 0.445. The Bertz CT molecular complexity index is 1120. The molecule has 2 N–H and O–H groups in total. The molecule has 0 spiro atoms. The average Bonchev–Trinajstić information content (AvgIpc) is 2.73. The van der Waals surface area contributed by atoms with Crippen molar-refractivity contribution < 1.29 is 14.3 Å². The van der Waals surface area contributed by atoms with Crippen molar-refractivity contribution in [1.29, 1.82) is 5.26 Å². The van der Waals surface area contributed by atoms with Gasteiger partial charge in [0, 0.05) is 19.3 Å². The largest absolute Gasteiger partial charge is 0.466 e. The Balaban J connectivity index is 2.09. The van der Waals surface area contributed by atoms with Crippen LogP contribution in [0.25, 0.3) is 11.7 Å². The van der Waals surface area contributed by atoms with Crippen LogP contribution in [0.1, 0.15) is 30.9 Å². The number of nitrogens with zero attached hydrogens (tertiary/aromatic N) is 4. The highest BCUT2D eigenvalue weighted by atomic mass is 16.5. The molecule has 9 nitrogen and oxygen atoms in total. The molecular weight excluding hydrogens is 386 g/mol. The fraction of sp³-hybridized carbons (Fsp3) is 0.381. The molecule has 3 heterocycles. The number of esters is 1. The number of fused-ring (bicyclic) bond motifs is 1. The number of nitriles is 1. The number of primary amides is 1. The van der Waals surface area contributed by atoms with E-state index in [0.29, 0.717) is 44.0 Å². The maximum absolute atomic E-state index is 13.2. The molecule has 30 heavy (non-hydrogen) atoms. The van der Waals surface area contributed by atoms with Gasteiger partial charge in [0.1, 0.15) is 23.1 Å². The molecule has 0 radical (unpaired) electrons. The van der Waals surface area contributed by atoms with E-state index in [2.05, 4.69) is 4.98 Å². The Morgan fingerprint density at radius 3 is 2.70 bits per heavy atom. The Labute approximate surface area is 173 Å². The monoisotopic (exact) mass is 409 g/mol. The normalized spacial score (nSPS) is 15.1. The number of piperidine rings is 1. The second-order valence-electron chi connectivity index (χ2n) is 7.09. The number of hydrogen-bond donors (Lipinski definition) is 1. The first-order valence-electron chi connectivity index (χ1n) is 9.72. The van der Waals surface area contributed by atoms with Crippen LogP contribution in [0.5, 0.6) is 0 Å². The molecule has 0 atom stereocenters. The van der Waals surface area contributed by atoms with Crippen LogP contribution in [-0.2, 0) is 14.3 Å². The number of amides is 1. The van der Waals surface area contributed by atoms with Crippen molar-refractivity contribution in [2.45, 2.75) is 26.7 Å².